The average molecular weight is 339 g/mol. The molecule has 0 aliphatic carbocycles. The van der Waals surface area contributed by atoms with Crippen LogP contribution in [0.25, 0.3) is 0 Å². The van der Waals surface area contributed by atoms with Crippen LogP contribution in [0.4, 0.5) is 4.79 Å². The maximum Gasteiger partial charge on any atom is 0.407 e. The van der Waals surface area contributed by atoms with E-state index in [-0.39, 0.29) is 6.61 Å². The molecule has 1 amide bonds. The number of carbonyl (C=O) groups is 1. The SMILES string of the molecule is C=C(C)[C@H](O)[C@H](CCc1ccccc1)NC(=O)OCc1ccccc1. The molecule has 0 spiro atoms. The average Bonchev–Trinajstić information content (AvgIpc) is 2.64. The number of aryl methyl sites for hydroxylation is 1. The van der Waals surface area contributed by atoms with Crippen LogP contribution >= 0.6 is 0 Å². The minimum absolute atomic E-state index is 0.196. The summed E-state index contributed by atoms with van der Waals surface area (Å²) >= 11 is 0. The van der Waals surface area contributed by atoms with Gasteiger partial charge in [-0.15, -0.1) is 0 Å². The fraction of sp³-hybridized carbons (Fsp3) is 0.286. The van der Waals surface area contributed by atoms with E-state index in [1.165, 1.54) is 0 Å². The summed E-state index contributed by atoms with van der Waals surface area (Å²) in [6.07, 6.45) is -0.0111. The molecule has 0 aromatic heterocycles. The van der Waals surface area contributed by atoms with E-state index in [1.54, 1.807) is 6.92 Å². The van der Waals surface area contributed by atoms with Crippen LogP contribution in [0.3, 0.4) is 0 Å². The first-order valence-electron chi connectivity index (χ1n) is 8.41. The van der Waals surface area contributed by atoms with Crippen molar-refractivity contribution in [2.75, 3.05) is 0 Å². The predicted molar refractivity (Wildman–Crippen MR) is 99.1 cm³/mol. The highest BCUT2D eigenvalue weighted by Crippen LogP contribution is 2.12. The van der Waals surface area contributed by atoms with Gasteiger partial charge < -0.3 is 15.2 Å². The number of aliphatic hydroxyl groups excluding tert-OH is 1. The molecule has 2 aromatic rings. The monoisotopic (exact) mass is 339 g/mol. The molecule has 0 heterocycles. The standard InChI is InChI=1S/C21H25NO3/c1-16(2)20(23)19(14-13-17-9-5-3-6-10-17)22-21(24)25-15-18-11-7-4-8-12-18/h3-12,19-20,23H,1,13-15H2,2H3,(H,22,24)/t19-,20-/m0/s1. The number of benzene rings is 2. The normalized spacial score (nSPS) is 12.9. The number of carbonyl (C=O) groups excluding carboxylic acids is 1. The molecule has 25 heavy (non-hydrogen) atoms. The Morgan fingerprint density at radius 2 is 1.64 bits per heavy atom. The first-order valence-corrected chi connectivity index (χ1v) is 8.41. The fourth-order valence-corrected chi connectivity index (χ4v) is 2.54. The van der Waals surface area contributed by atoms with Gasteiger partial charge in [0.25, 0.3) is 0 Å². The highest BCUT2D eigenvalue weighted by molar-refractivity contribution is 5.67. The molecule has 0 unspecified atom stereocenters. The van der Waals surface area contributed by atoms with Crippen molar-refractivity contribution in [3.63, 3.8) is 0 Å². The number of nitrogens with one attached hydrogen (secondary N) is 1. The number of ether oxygens (including phenoxy) is 1. The minimum Gasteiger partial charge on any atom is -0.445 e. The Morgan fingerprint density at radius 1 is 1.08 bits per heavy atom. The number of alkyl carbamates (subject to hydrolysis) is 1. The number of amides is 1. The number of hydrogen-bond donors (Lipinski definition) is 2. The van der Waals surface area contributed by atoms with Gasteiger partial charge >= 0.3 is 6.09 Å². The van der Waals surface area contributed by atoms with Crippen molar-refractivity contribution >= 4 is 6.09 Å². The maximum atomic E-state index is 12.1. The predicted octanol–water partition coefficient (Wildman–Crippen LogP) is 3.85. The van der Waals surface area contributed by atoms with E-state index in [1.807, 2.05) is 60.7 Å². The molecule has 4 nitrogen and oxygen atoms in total. The molecular weight excluding hydrogens is 314 g/mol. The second-order valence-corrected chi connectivity index (χ2v) is 6.13. The van der Waals surface area contributed by atoms with Gasteiger partial charge in [-0.3, -0.25) is 0 Å². The molecule has 2 aromatic carbocycles. The van der Waals surface area contributed by atoms with E-state index in [0.29, 0.717) is 12.0 Å². The summed E-state index contributed by atoms with van der Waals surface area (Å²) in [6, 6.07) is 19.0. The first-order chi connectivity index (χ1) is 12.1. The van der Waals surface area contributed by atoms with Gasteiger partial charge in [-0.25, -0.2) is 4.79 Å². The first kappa shape index (κ1) is 18.7. The van der Waals surface area contributed by atoms with Crippen molar-refractivity contribution in [2.24, 2.45) is 0 Å². The number of rotatable bonds is 8. The van der Waals surface area contributed by atoms with Gasteiger partial charge in [0.2, 0.25) is 0 Å². The smallest absolute Gasteiger partial charge is 0.407 e. The largest absolute Gasteiger partial charge is 0.445 e. The third-order valence-electron chi connectivity index (χ3n) is 3.99. The van der Waals surface area contributed by atoms with Crippen molar-refractivity contribution in [1.82, 2.24) is 5.32 Å². The number of hydrogen-bond acceptors (Lipinski definition) is 3. The summed E-state index contributed by atoms with van der Waals surface area (Å²) in [4.78, 5) is 12.1. The summed E-state index contributed by atoms with van der Waals surface area (Å²) < 4.78 is 5.25. The Kier molecular flexibility index (Phi) is 7.23. The van der Waals surface area contributed by atoms with Gasteiger partial charge in [0.05, 0.1) is 12.1 Å². The van der Waals surface area contributed by atoms with Crippen LogP contribution in [0.2, 0.25) is 0 Å². The molecule has 0 aliphatic rings. The Morgan fingerprint density at radius 3 is 2.20 bits per heavy atom. The van der Waals surface area contributed by atoms with Gasteiger partial charge in [0.1, 0.15) is 6.61 Å². The summed E-state index contributed by atoms with van der Waals surface area (Å²) in [5.74, 6) is 0. The quantitative estimate of drug-likeness (QED) is 0.718. The van der Waals surface area contributed by atoms with Crippen LogP contribution < -0.4 is 5.32 Å². The fourth-order valence-electron chi connectivity index (χ4n) is 2.54. The van der Waals surface area contributed by atoms with Crippen LogP contribution in [-0.4, -0.2) is 23.3 Å². The van der Waals surface area contributed by atoms with Crippen molar-refractivity contribution in [3.05, 3.63) is 83.9 Å². The Bertz CT molecular complexity index is 670. The van der Waals surface area contributed by atoms with Crippen LogP contribution in [0, 0.1) is 0 Å². The van der Waals surface area contributed by atoms with Crippen molar-refractivity contribution in [1.29, 1.82) is 0 Å². The van der Waals surface area contributed by atoms with Gasteiger partial charge in [-0.2, -0.15) is 0 Å². The van der Waals surface area contributed by atoms with Gasteiger partial charge in [-0.05, 0) is 30.9 Å². The van der Waals surface area contributed by atoms with Crippen LogP contribution in [0.15, 0.2) is 72.8 Å². The zero-order chi connectivity index (χ0) is 18.1. The summed E-state index contributed by atoms with van der Waals surface area (Å²) in [7, 11) is 0. The zero-order valence-electron chi connectivity index (χ0n) is 14.5. The topological polar surface area (TPSA) is 58.6 Å². The lowest BCUT2D eigenvalue weighted by atomic mass is 9.98. The van der Waals surface area contributed by atoms with Crippen LogP contribution in [0.1, 0.15) is 24.5 Å². The molecule has 132 valence electrons. The Hall–Kier alpha value is -2.59. The second-order valence-electron chi connectivity index (χ2n) is 6.13. The molecule has 0 bridgehead atoms. The molecule has 0 radical (unpaired) electrons. The zero-order valence-corrected chi connectivity index (χ0v) is 14.5. The molecule has 0 saturated heterocycles. The molecule has 2 atom stereocenters. The van der Waals surface area contributed by atoms with Crippen molar-refractivity contribution < 1.29 is 14.6 Å². The minimum atomic E-state index is -0.812. The third kappa shape index (κ3) is 6.43. The van der Waals surface area contributed by atoms with Gasteiger partial charge in [-0.1, -0.05) is 72.8 Å². The van der Waals surface area contributed by atoms with Crippen LogP contribution in [-0.2, 0) is 17.8 Å². The van der Waals surface area contributed by atoms with E-state index in [9.17, 15) is 9.90 Å². The van der Waals surface area contributed by atoms with Gasteiger partial charge in [0.15, 0.2) is 0 Å². The maximum absolute atomic E-state index is 12.1. The molecule has 2 N–H and O–H groups in total. The van der Waals surface area contributed by atoms with E-state index in [4.69, 9.17) is 4.74 Å². The number of aliphatic hydroxyl groups is 1. The Balaban J connectivity index is 1.90. The highest BCUT2D eigenvalue weighted by atomic mass is 16.5. The lowest BCUT2D eigenvalue weighted by Crippen LogP contribution is -2.44. The van der Waals surface area contributed by atoms with Crippen LogP contribution in [0.5, 0.6) is 0 Å². The van der Waals surface area contributed by atoms with Crippen molar-refractivity contribution in [3.8, 4) is 0 Å². The third-order valence-corrected chi connectivity index (χ3v) is 3.99. The van der Waals surface area contributed by atoms with Gasteiger partial charge in [0, 0.05) is 0 Å². The summed E-state index contributed by atoms with van der Waals surface area (Å²) in [5.41, 5.74) is 2.68. The second kappa shape index (κ2) is 9.64. The summed E-state index contributed by atoms with van der Waals surface area (Å²) in [5, 5.41) is 13.1. The molecule has 0 saturated carbocycles. The van der Waals surface area contributed by atoms with Crippen molar-refractivity contribution in [2.45, 2.75) is 38.5 Å². The van der Waals surface area contributed by atoms with E-state index in [0.717, 1.165) is 17.5 Å². The van der Waals surface area contributed by atoms with E-state index in [2.05, 4.69) is 11.9 Å². The molecule has 0 aliphatic heterocycles. The van der Waals surface area contributed by atoms with E-state index >= 15 is 0 Å². The Labute approximate surface area is 149 Å². The lowest BCUT2D eigenvalue weighted by Gasteiger charge is -2.24. The molecular formula is C21H25NO3. The molecule has 4 heteroatoms. The molecule has 2 rings (SSSR count). The summed E-state index contributed by atoms with van der Waals surface area (Å²) in [6.45, 7) is 5.73. The highest BCUT2D eigenvalue weighted by Gasteiger charge is 2.22. The van der Waals surface area contributed by atoms with E-state index < -0.39 is 18.2 Å². The molecule has 0 fully saturated rings. The lowest BCUT2D eigenvalue weighted by molar-refractivity contribution is 0.113.